The highest BCUT2D eigenvalue weighted by atomic mass is 35.5. The number of hydrogen-bond donors (Lipinski definition) is 1. The SMILES string of the molecule is COc1cc(/C=C(\C#N)C(=O)Nc2ccc(Cl)c(Cl)c2)ccc1Cc1ccccc1F. The van der Waals surface area contributed by atoms with Crippen molar-refractivity contribution in [2.45, 2.75) is 6.42 Å². The average Bonchev–Trinajstić information content (AvgIpc) is 2.76. The lowest BCUT2D eigenvalue weighted by Crippen LogP contribution is -2.13. The molecule has 4 nitrogen and oxygen atoms in total. The molecule has 0 aliphatic rings. The van der Waals surface area contributed by atoms with Crippen LogP contribution in [0.3, 0.4) is 0 Å². The van der Waals surface area contributed by atoms with Crippen LogP contribution in [0.25, 0.3) is 6.08 Å². The van der Waals surface area contributed by atoms with E-state index < -0.39 is 5.91 Å². The first-order valence-corrected chi connectivity index (χ1v) is 9.95. The van der Waals surface area contributed by atoms with Crippen molar-refractivity contribution in [3.63, 3.8) is 0 Å². The summed E-state index contributed by atoms with van der Waals surface area (Å²) in [6, 6.07) is 18.3. The van der Waals surface area contributed by atoms with Crippen molar-refractivity contribution < 1.29 is 13.9 Å². The lowest BCUT2D eigenvalue weighted by atomic mass is 10.0. The van der Waals surface area contributed by atoms with Gasteiger partial charge in [0.15, 0.2) is 0 Å². The second kappa shape index (κ2) is 10.1. The number of ether oxygens (including phenoxy) is 1. The normalized spacial score (nSPS) is 11.0. The highest BCUT2D eigenvalue weighted by molar-refractivity contribution is 6.42. The van der Waals surface area contributed by atoms with Gasteiger partial charge in [-0.05, 0) is 53.1 Å². The smallest absolute Gasteiger partial charge is 0.266 e. The van der Waals surface area contributed by atoms with Gasteiger partial charge in [-0.3, -0.25) is 4.79 Å². The summed E-state index contributed by atoms with van der Waals surface area (Å²) in [6.07, 6.45) is 1.80. The molecule has 0 bridgehead atoms. The molecule has 0 heterocycles. The number of amides is 1. The number of hydrogen-bond acceptors (Lipinski definition) is 3. The van der Waals surface area contributed by atoms with Gasteiger partial charge >= 0.3 is 0 Å². The van der Waals surface area contributed by atoms with Crippen molar-refractivity contribution in [2.24, 2.45) is 0 Å². The summed E-state index contributed by atoms with van der Waals surface area (Å²) in [4.78, 5) is 12.5. The van der Waals surface area contributed by atoms with Crippen LogP contribution >= 0.6 is 23.2 Å². The van der Waals surface area contributed by atoms with Crippen LogP contribution in [0.2, 0.25) is 10.0 Å². The van der Waals surface area contributed by atoms with Gasteiger partial charge in [0.25, 0.3) is 5.91 Å². The predicted molar refractivity (Wildman–Crippen MR) is 121 cm³/mol. The summed E-state index contributed by atoms with van der Waals surface area (Å²) >= 11 is 11.8. The van der Waals surface area contributed by atoms with Crippen LogP contribution in [0, 0.1) is 17.1 Å². The summed E-state index contributed by atoms with van der Waals surface area (Å²) in [6.45, 7) is 0. The molecule has 0 aliphatic carbocycles. The van der Waals surface area contributed by atoms with E-state index in [0.717, 1.165) is 5.56 Å². The van der Waals surface area contributed by atoms with Gasteiger partial charge in [-0.1, -0.05) is 53.5 Å². The van der Waals surface area contributed by atoms with Gasteiger partial charge in [0.2, 0.25) is 0 Å². The van der Waals surface area contributed by atoms with Crippen molar-refractivity contribution in [2.75, 3.05) is 12.4 Å². The second-order valence-electron chi connectivity index (χ2n) is 6.59. The molecule has 0 radical (unpaired) electrons. The monoisotopic (exact) mass is 454 g/mol. The molecule has 0 spiro atoms. The fourth-order valence-electron chi connectivity index (χ4n) is 2.93. The number of nitrogens with zero attached hydrogens (tertiary/aromatic N) is 1. The van der Waals surface area contributed by atoms with Gasteiger partial charge in [0.1, 0.15) is 23.2 Å². The first kappa shape index (κ1) is 22.4. The minimum Gasteiger partial charge on any atom is -0.496 e. The Bertz CT molecular complexity index is 1200. The van der Waals surface area contributed by atoms with Crippen LogP contribution in [0.1, 0.15) is 16.7 Å². The summed E-state index contributed by atoms with van der Waals surface area (Å²) < 4.78 is 19.4. The average molecular weight is 455 g/mol. The Hall–Kier alpha value is -3.33. The number of benzene rings is 3. The molecule has 0 aliphatic heterocycles. The van der Waals surface area contributed by atoms with Crippen molar-refractivity contribution in [3.05, 3.63) is 98.8 Å². The van der Waals surface area contributed by atoms with E-state index in [1.165, 1.54) is 25.3 Å². The molecule has 31 heavy (non-hydrogen) atoms. The van der Waals surface area contributed by atoms with Crippen molar-refractivity contribution in [1.29, 1.82) is 5.26 Å². The van der Waals surface area contributed by atoms with Gasteiger partial charge in [-0.15, -0.1) is 0 Å². The van der Waals surface area contributed by atoms with E-state index in [9.17, 15) is 14.4 Å². The number of carbonyl (C=O) groups excluding carboxylic acids is 1. The molecule has 0 unspecified atom stereocenters. The Kier molecular flexibility index (Phi) is 7.30. The Labute approximate surface area is 189 Å². The lowest BCUT2D eigenvalue weighted by Gasteiger charge is -2.11. The third-order valence-electron chi connectivity index (χ3n) is 4.50. The van der Waals surface area contributed by atoms with E-state index in [2.05, 4.69) is 5.32 Å². The van der Waals surface area contributed by atoms with E-state index in [0.29, 0.717) is 34.0 Å². The molecule has 0 fully saturated rings. The highest BCUT2D eigenvalue weighted by Crippen LogP contribution is 2.27. The van der Waals surface area contributed by atoms with Gasteiger partial charge in [-0.2, -0.15) is 5.26 Å². The number of nitrogens with one attached hydrogen (secondary N) is 1. The largest absolute Gasteiger partial charge is 0.496 e. The summed E-state index contributed by atoms with van der Waals surface area (Å²) in [5.74, 6) is -0.353. The molecular formula is C24H17Cl2FN2O2. The Morgan fingerprint density at radius 2 is 1.87 bits per heavy atom. The third kappa shape index (κ3) is 5.64. The zero-order valence-electron chi connectivity index (χ0n) is 16.5. The zero-order valence-corrected chi connectivity index (χ0v) is 18.0. The molecule has 3 aromatic carbocycles. The molecule has 1 amide bonds. The van der Waals surface area contributed by atoms with Crippen LogP contribution in [-0.4, -0.2) is 13.0 Å². The molecule has 156 valence electrons. The number of rotatable bonds is 6. The molecular weight excluding hydrogens is 438 g/mol. The lowest BCUT2D eigenvalue weighted by molar-refractivity contribution is -0.112. The van der Waals surface area contributed by atoms with E-state index in [4.69, 9.17) is 27.9 Å². The van der Waals surface area contributed by atoms with E-state index in [-0.39, 0.29) is 16.4 Å². The highest BCUT2D eigenvalue weighted by Gasteiger charge is 2.12. The number of carbonyl (C=O) groups is 1. The number of halogens is 3. The quantitative estimate of drug-likeness (QED) is 0.352. The molecule has 1 N–H and O–H groups in total. The van der Waals surface area contributed by atoms with Gasteiger partial charge in [0, 0.05) is 12.1 Å². The summed E-state index contributed by atoms with van der Waals surface area (Å²) in [5, 5.41) is 12.7. The van der Waals surface area contributed by atoms with Crippen molar-refractivity contribution in [3.8, 4) is 11.8 Å². The van der Waals surface area contributed by atoms with Crippen molar-refractivity contribution >= 4 is 40.9 Å². The Morgan fingerprint density at radius 3 is 2.55 bits per heavy atom. The Morgan fingerprint density at radius 1 is 1.10 bits per heavy atom. The molecule has 3 aromatic rings. The predicted octanol–water partition coefficient (Wildman–Crippen LogP) is 6.28. The fourth-order valence-corrected chi connectivity index (χ4v) is 3.23. The third-order valence-corrected chi connectivity index (χ3v) is 5.24. The second-order valence-corrected chi connectivity index (χ2v) is 7.41. The molecule has 0 atom stereocenters. The minimum absolute atomic E-state index is 0.102. The van der Waals surface area contributed by atoms with Gasteiger partial charge in [0.05, 0.1) is 17.2 Å². The van der Waals surface area contributed by atoms with Crippen LogP contribution in [0.15, 0.2) is 66.2 Å². The molecule has 0 saturated carbocycles. The molecule has 0 saturated heterocycles. The van der Waals surface area contributed by atoms with Crippen LogP contribution < -0.4 is 10.1 Å². The van der Waals surface area contributed by atoms with Crippen LogP contribution in [-0.2, 0) is 11.2 Å². The standard InChI is InChI=1S/C24H17Cl2FN2O2/c1-31-23-11-15(6-7-17(23)12-16-4-2-3-5-22(16)27)10-18(14-28)24(30)29-19-8-9-20(25)21(26)13-19/h2-11,13H,12H2,1H3,(H,29,30)/b18-10+. The summed E-state index contributed by atoms with van der Waals surface area (Å²) in [7, 11) is 1.51. The van der Waals surface area contributed by atoms with Crippen molar-refractivity contribution in [1.82, 2.24) is 0 Å². The maximum absolute atomic E-state index is 14.0. The van der Waals surface area contributed by atoms with Crippen LogP contribution in [0.4, 0.5) is 10.1 Å². The molecule has 3 rings (SSSR count). The first-order valence-electron chi connectivity index (χ1n) is 9.19. The topological polar surface area (TPSA) is 62.1 Å². The van der Waals surface area contributed by atoms with Gasteiger partial charge < -0.3 is 10.1 Å². The van der Waals surface area contributed by atoms with E-state index >= 15 is 0 Å². The molecule has 7 heteroatoms. The number of nitriles is 1. The van der Waals surface area contributed by atoms with Crippen LogP contribution in [0.5, 0.6) is 5.75 Å². The number of anilines is 1. The maximum Gasteiger partial charge on any atom is 0.266 e. The number of methoxy groups -OCH3 is 1. The first-order chi connectivity index (χ1) is 14.9. The van der Waals surface area contributed by atoms with E-state index in [1.54, 1.807) is 48.5 Å². The summed E-state index contributed by atoms with van der Waals surface area (Å²) in [5.41, 5.74) is 2.23. The fraction of sp³-hybridized carbons (Fsp3) is 0.0833. The van der Waals surface area contributed by atoms with E-state index in [1.807, 2.05) is 6.07 Å². The van der Waals surface area contributed by atoms with Gasteiger partial charge in [-0.25, -0.2) is 4.39 Å². The maximum atomic E-state index is 14.0. The zero-order chi connectivity index (χ0) is 22.4. The minimum atomic E-state index is -0.588. The molecule has 0 aromatic heterocycles. The Balaban J connectivity index is 1.83.